The SMILES string of the molecule is Cc1cc(Cl)cnc1N1CC(C(N)=O)CC1=O. The third kappa shape index (κ3) is 2.24. The molecule has 1 aromatic heterocycles. The summed E-state index contributed by atoms with van der Waals surface area (Å²) in [5.41, 5.74) is 6.00. The Morgan fingerprint density at radius 2 is 2.35 bits per heavy atom. The lowest BCUT2D eigenvalue weighted by molar-refractivity contribution is -0.123. The molecule has 0 radical (unpaired) electrons. The summed E-state index contributed by atoms with van der Waals surface area (Å²) in [5.74, 6) is -0.471. The lowest BCUT2D eigenvalue weighted by Gasteiger charge is -2.17. The van der Waals surface area contributed by atoms with Crippen molar-refractivity contribution in [2.75, 3.05) is 11.4 Å². The summed E-state index contributed by atoms with van der Waals surface area (Å²) < 4.78 is 0. The monoisotopic (exact) mass is 253 g/mol. The average molecular weight is 254 g/mol. The third-order valence-electron chi connectivity index (χ3n) is 2.80. The molecule has 2 rings (SSSR count). The molecule has 0 saturated carbocycles. The maximum Gasteiger partial charge on any atom is 0.229 e. The van der Waals surface area contributed by atoms with E-state index in [1.807, 2.05) is 6.92 Å². The number of hydrogen-bond donors (Lipinski definition) is 1. The molecule has 1 aromatic rings. The summed E-state index contributed by atoms with van der Waals surface area (Å²) in [7, 11) is 0. The van der Waals surface area contributed by atoms with Gasteiger partial charge in [0.15, 0.2) is 0 Å². The van der Waals surface area contributed by atoms with Crippen LogP contribution < -0.4 is 10.6 Å². The van der Waals surface area contributed by atoms with Crippen LogP contribution in [0.15, 0.2) is 12.3 Å². The first-order valence-corrected chi connectivity index (χ1v) is 5.58. The number of nitrogens with zero attached hydrogens (tertiary/aromatic N) is 2. The molecule has 17 heavy (non-hydrogen) atoms. The lowest BCUT2D eigenvalue weighted by atomic mass is 10.1. The van der Waals surface area contributed by atoms with Crippen molar-refractivity contribution in [3.8, 4) is 0 Å². The van der Waals surface area contributed by atoms with E-state index in [-0.39, 0.29) is 12.3 Å². The van der Waals surface area contributed by atoms with E-state index in [9.17, 15) is 9.59 Å². The molecule has 1 aliphatic rings. The smallest absolute Gasteiger partial charge is 0.229 e. The Kier molecular flexibility index (Phi) is 3.02. The highest BCUT2D eigenvalue weighted by Gasteiger charge is 2.35. The largest absolute Gasteiger partial charge is 0.369 e. The van der Waals surface area contributed by atoms with E-state index < -0.39 is 11.8 Å². The van der Waals surface area contributed by atoms with Crippen molar-refractivity contribution < 1.29 is 9.59 Å². The van der Waals surface area contributed by atoms with Gasteiger partial charge in [0.1, 0.15) is 5.82 Å². The zero-order chi connectivity index (χ0) is 12.6. The molecule has 2 heterocycles. The summed E-state index contributed by atoms with van der Waals surface area (Å²) in [6, 6.07) is 1.73. The molecule has 2 amide bonds. The number of anilines is 1. The molecule has 1 aliphatic heterocycles. The van der Waals surface area contributed by atoms with E-state index in [1.165, 1.54) is 11.1 Å². The fourth-order valence-corrected chi connectivity index (χ4v) is 2.13. The number of rotatable bonds is 2. The van der Waals surface area contributed by atoms with Gasteiger partial charge in [0.2, 0.25) is 11.8 Å². The van der Waals surface area contributed by atoms with Crippen LogP contribution in [-0.2, 0) is 9.59 Å². The number of primary amides is 1. The number of carbonyl (C=O) groups excluding carboxylic acids is 2. The molecule has 0 spiro atoms. The number of nitrogens with two attached hydrogens (primary N) is 1. The van der Waals surface area contributed by atoms with Crippen molar-refractivity contribution >= 4 is 29.2 Å². The maximum absolute atomic E-state index is 11.8. The van der Waals surface area contributed by atoms with Crippen molar-refractivity contribution in [1.82, 2.24) is 4.98 Å². The van der Waals surface area contributed by atoms with Gasteiger partial charge in [-0.15, -0.1) is 0 Å². The Hall–Kier alpha value is -1.62. The highest BCUT2D eigenvalue weighted by molar-refractivity contribution is 6.30. The fraction of sp³-hybridized carbons (Fsp3) is 0.364. The Bertz CT molecular complexity index is 490. The second-order valence-electron chi connectivity index (χ2n) is 4.10. The van der Waals surface area contributed by atoms with Gasteiger partial charge in [0, 0.05) is 19.2 Å². The van der Waals surface area contributed by atoms with E-state index in [0.29, 0.717) is 17.4 Å². The minimum atomic E-state index is -0.451. The van der Waals surface area contributed by atoms with Crippen LogP contribution in [0, 0.1) is 12.8 Å². The molecule has 1 saturated heterocycles. The number of aromatic nitrogens is 1. The fourth-order valence-electron chi connectivity index (χ4n) is 1.92. The standard InChI is InChI=1S/C11H12ClN3O2/c1-6-2-8(12)4-14-11(6)15-5-7(10(13)17)3-9(15)16/h2,4,7H,3,5H2,1H3,(H2,13,17). The first-order valence-electron chi connectivity index (χ1n) is 5.21. The summed E-state index contributed by atoms with van der Waals surface area (Å²) in [5, 5.41) is 0.518. The number of hydrogen-bond acceptors (Lipinski definition) is 3. The molecule has 0 bridgehead atoms. The number of aryl methyl sites for hydroxylation is 1. The van der Waals surface area contributed by atoms with Crippen LogP contribution in [-0.4, -0.2) is 23.3 Å². The summed E-state index contributed by atoms with van der Waals surface area (Å²) in [4.78, 5) is 28.4. The topological polar surface area (TPSA) is 76.3 Å². The van der Waals surface area contributed by atoms with Crippen LogP contribution in [0.5, 0.6) is 0 Å². The maximum atomic E-state index is 11.8. The second-order valence-corrected chi connectivity index (χ2v) is 4.54. The van der Waals surface area contributed by atoms with Gasteiger partial charge in [-0.3, -0.25) is 14.5 Å². The Labute approximate surface area is 104 Å². The average Bonchev–Trinajstić information content (AvgIpc) is 2.61. The summed E-state index contributed by atoms with van der Waals surface area (Å²) >= 11 is 5.80. The van der Waals surface area contributed by atoms with Gasteiger partial charge in [-0.25, -0.2) is 4.98 Å². The van der Waals surface area contributed by atoms with Crippen LogP contribution in [0.4, 0.5) is 5.82 Å². The molecule has 0 aliphatic carbocycles. The Morgan fingerprint density at radius 1 is 1.65 bits per heavy atom. The summed E-state index contributed by atoms with van der Waals surface area (Å²) in [6.45, 7) is 2.11. The number of carbonyl (C=O) groups is 2. The molecule has 1 atom stereocenters. The normalized spacial score (nSPS) is 19.8. The van der Waals surface area contributed by atoms with Gasteiger partial charge < -0.3 is 5.73 Å². The second kappa shape index (κ2) is 4.33. The van der Waals surface area contributed by atoms with Crippen LogP contribution in [0.3, 0.4) is 0 Å². The van der Waals surface area contributed by atoms with Crippen molar-refractivity contribution in [3.63, 3.8) is 0 Å². The number of pyridine rings is 1. The lowest BCUT2D eigenvalue weighted by Crippen LogP contribution is -2.29. The van der Waals surface area contributed by atoms with Gasteiger partial charge in [-0.1, -0.05) is 11.6 Å². The molecule has 2 N–H and O–H groups in total. The van der Waals surface area contributed by atoms with E-state index in [1.54, 1.807) is 6.07 Å². The minimum Gasteiger partial charge on any atom is -0.369 e. The van der Waals surface area contributed by atoms with Crippen LogP contribution in [0.2, 0.25) is 5.02 Å². The highest BCUT2D eigenvalue weighted by atomic mass is 35.5. The Balaban J connectivity index is 2.29. The first-order chi connectivity index (χ1) is 7.99. The van der Waals surface area contributed by atoms with Crippen LogP contribution in [0.25, 0.3) is 0 Å². The molecular weight excluding hydrogens is 242 g/mol. The molecule has 1 unspecified atom stereocenters. The number of amides is 2. The quantitative estimate of drug-likeness (QED) is 0.850. The van der Waals surface area contributed by atoms with Crippen molar-refractivity contribution in [1.29, 1.82) is 0 Å². The van der Waals surface area contributed by atoms with Gasteiger partial charge in [0.25, 0.3) is 0 Å². The first kappa shape index (κ1) is 11.9. The van der Waals surface area contributed by atoms with Crippen LogP contribution >= 0.6 is 11.6 Å². The third-order valence-corrected chi connectivity index (χ3v) is 3.01. The Morgan fingerprint density at radius 3 is 2.88 bits per heavy atom. The zero-order valence-electron chi connectivity index (χ0n) is 9.31. The van der Waals surface area contributed by atoms with Crippen molar-refractivity contribution in [2.45, 2.75) is 13.3 Å². The molecule has 6 heteroatoms. The van der Waals surface area contributed by atoms with E-state index in [0.717, 1.165) is 5.56 Å². The van der Waals surface area contributed by atoms with Crippen molar-refractivity contribution in [3.05, 3.63) is 22.8 Å². The predicted molar refractivity (Wildman–Crippen MR) is 63.6 cm³/mol. The van der Waals surface area contributed by atoms with Gasteiger partial charge in [0.05, 0.1) is 10.9 Å². The van der Waals surface area contributed by atoms with Gasteiger partial charge in [-0.05, 0) is 18.6 Å². The van der Waals surface area contributed by atoms with E-state index >= 15 is 0 Å². The van der Waals surface area contributed by atoms with Crippen LogP contribution in [0.1, 0.15) is 12.0 Å². The van der Waals surface area contributed by atoms with Crippen molar-refractivity contribution in [2.24, 2.45) is 11.7 Å². The molecule has 90 valence electrons. The molecule has 0 aromatic carbocycles. The zero-order valence-corrected chi connectivity index (χ0v) is 10.1. The van der Waals surface area contributed by atoms with E-state index in [4.69, 9.17) is 17.3 Å². The summed E-state index contributed by atoms with van der Waals surface area (Å²) in [6.07, 6.45) is 1.63. The highest BCUT2D eigenvalue weighted by Crippen LogP contribution is 2.27. The van der Waals surface area contributed by atoms with Gasteiger partial charge in [-0.2, -0.15) is 0 Å². The van der Waals surface area contributed by atoms with E-state index in [2.05, 4.69) is 4.98 Å². The number of halogens is 1. The van der Waals surface area contributed by atoms with Gasteiger partial charge >= 0.3 is 0 Å². The predicted octanol–water partition coefficient (Wildman–Crippen LogP) is 0.882. The molecule has 5 nitrogen and oxygen atoms in total. The minimum absolute atomic E-state index is 0.133. The molecular formula is C11H12ClN3O2. The molecule has 1 fully saturated rings.